The smallest absolute Gasteiger partial charge is 0.250 e. The lowest BCUT2D eigenvalue weighted by molar-refractivity contribution is 0.100. The number of fused-ring (bicyclic) bond motifs is 3. The van der Waals surface area contributed by atoms with Crippen molar-refractivity contribution in [3.05, 3.63) is 30.4 Å². The molecule has 3 aromatic heterocycles. The molecule has 0 atom stereocenters. The minimum absolute atomic E-state index is 0.454. The SMILES string of the molecule is NC(=O)c1c[nH]c2c1ccn1ncnc21. The van der Waals surface area contributed by atoms with E-state index < -0.39 is 5.91 Å². The fraction of sp³-hybridized carbons (Fsp3) is 0. The van der Waals surface area contributed by atoms with Crippen LogP contribution in [0.3, 0.4) is 0 Å². The summed E-state index contributed by atoms with van der Waals surface area (Å²) in [4.78, 5) is 18.2. The molecular formula is C9H7N5O. The standard InChI is InChI=1S/C9H7N5O/c10-8(15)6-3-11-7-5(6)1-2-14-9(7)12-4-13-14/h1-4,11H,(H2,10,15). The zero-order valence-electron chi connectivity index (χ0n) is 7.64. The van der Waals surface area contributed by atoms with Crippen molar-refractivity contribution >= 4 is 22.5 Å². The van der Waals surface area contributed by atoms with Crippen molar-refractivity contribution in [2.75, 3.05) is 0 Å². The highest BCUT2D eigenvalue weighted by atomic mass is 16.1. The molecule has 3 rings (SSSR count). The molecule has 0 fully saturated rings. The third-order valence-electron chi connectivity index (χ3n) is 2.36. The Kier molecular flexibility index (Phi) is 1.37. The van der Waals surface area contributed by atoms with E-state index in [1.807, 2.05) is 0 Å². The van der Waals surface area contributed by atoms with Gasteiger partial charge in [0, 0.05) is 17.8 Å². The summed E-state index contributed by atoms with van der Waals surface area (Å²) < 4.78 is 1.63. The fourth-order valence-corrected chi connectivity index (χ4v) is 1.68. The van der Waals surface area contributed by atoms with Crippen molar-refractivity contribution in [1.29, 1.82) is 0 Å². The highest BCUT2D eigenvalue weighted by Gasteiger charge is 2.11. The summed E-state index contributed by atoms with van der Waals surface area (Å²) in [7, 11) is 0. The Hall–Kier alpha value is -2.37. The van der Waals surface area contributed by atoms with Crippen LogP contribution in [0.5, 0.6) is 0 Å². The van der Waals surface area contributed by atoms with Crippen molar-refractivity contribution < 1.29 is 4.79 Å². The van der Waals surface area contributed by atoms with Gasteiger partial charge in [0.1, 0.15) is 6.33 Å². The van der Waals surface area contributed by atoms with Crippen LogP contribution in [-0.4, -0.2) is 25.5 Å². The first-order valence-electron chi connectivity index (χ1n) is 4.36. The number of primary amides is 1. The van der Waals surface area contributed by atoms with Crippen molar-refractivity contribution in [3.63, 3.8) is 0 Å². The van der Waals surface area contributed by atoms with Crippen LogP contribution < -0.4 is 5.73 Å². The third-order valence-corrected chi connectivity index (χ3v) is 2.36. The molecule has 6 nitrogen and oxygen atoms in total. The molecule has 0 spiro atoms. The molecule has 74 valence electrons. The molecule has 3 heterocycles. The molecule has 0 aromatic carbocycles. The number of nitrogens with one attached hydrogen (secondary N) is 1. The summed E-state index contributed by atoms with van der Waals surface area (Å²) in [5, 5.41) is 4.76. The molecule has 6 heteroatoms. The largest absolute Gasteiger partial charge is 0.366 e. The number of pyridine rings is 1. The molecule has 0 bridgehead atoms. The number of amides is 1. The third kappa shape index (κ3) is 0.954. The van der Waals surface area contributed by atoms with Crippen LogP contribution >= 0.6 is 0 Å². The molecule has 15 heavy (non-hydrogen) atoms. The van der Waals surface area contributed by atoms with E-state index in [2.05, 4.69) is 15.1 Å². The van der Waals surface area contributed by atoms with E-state index in [1.54, 1.807) is 23.0 Å². The number of carbonyl (C=O) groups is 1. The van der Waals surface area contributed by atoms with Gasteiger partial charge < -0.3 is 10.7 Å². The topological polar surface area (TPSA) is 89.1 Å². The zero-order chi connectivity index (χ0) is 10.4. The van der Waals surface area contributed by atoms with Crippen molar-refractivity contribution in [1.82, 2.24) is 19.6 Å². The van der Waals surface area contributed by atoms with E-state index in [9.17, 15) is 4.79 Å². The maximum atomic E-state index is 11.1. The van der Waals surface area contributed by atoms with E-state index in [0.29, 0.717) is 11.2 Å². The number of rotatable bonds is 1. The normalized spacial score (nSPS) is 11.2. The van der Waals surface area contributed by atoms with E-state index in [0.717, 1.165) is 10.9 Å². The first-order valence-corrected chi connectivity index (χ1v) is 4.36. The van der Waals surface area contributed by atoms with Crippen LogP contribution in [0.25, 0.3) is 16.6 Å². The first kappa shape index (κ1) is 7.98. The quantitative estimate of drug-likeness (QED) is 0.593. The van der Waals surface area contributed by atoms with Gasteiger partial charge in [-0.25, -0.2) is 9.50 Å². The predicted molar refractivity (Wildman–Crippen MR) is 53.4 cm³/mol. The van der Waals surface area contributed by atoms with Crippen molar-refractivity contribution in [2.45, 2.75) is 0 Å². The molecule has 0 aliphatic carbocycles. The Morgan fingerprint density at radius 3 is 3.20 bits per heavy atom. The van der Waals surface area contributed by atoms with Gasteiger partial charge in [-0.15, -0.1) is 0 Å². The number of aromatic amines is 1. The average Bonchev–Trinajstić information content (AvgIpc) is 2.82. The average molecular weight is 201 g/mol. The molecule has 0 aliphatic heterocycles. The van der Waals surface area contributed by atoms with Gasteiger partial charge in [0.15, 0.2) is 5.65 Å². The molecule has 0 unspecified atom stereocenters. The van der Waals surface area contributed by atoms with E-state index in [4.69, 9.17) is 5.73 Å². The Morgan fingerprint density at radius 1 is 1.53 bits per heavy atom. The molecule has 3 aromatic rings. The fourth-order valence-electron chi connectivity index (χ4n) is 1.68. The highest BCUT2D eigenvalue weighted by Crippen LogP contribution is 2.20. The van der Waals surface area contributed by atoms with Gasteiger partial charge in [0.25, 0.3) is 5.91 Å². The van der Waals surface area contributed by atoms with Crippen LogP contribution in [0.15, 0.2) is 24.8 Å². The van der Waals surface area contributed by atoms with Crippen LogP contribution in [0.1, 0.15) is 10.4 Å². The number of hydrogen-bond acceptors (Lipinski definition) is 3. The zero-order valence-corrected chi connectivity index (χ0v) is 7.64. The predicted octanol–water partition coefficient (Wildman–Crippen LogP) is 0.309. The number of aromatic nitrogens is 4. The van der Waals surface area contributed by atoms with Crippen molar-refractivity contribution in [3.8, 4) is 0 Å². The van der Waals surface area contributed by atoms with E-state index >= 15 is 0 Å². The van der Waals surface area contributed by atoms with Crippen LogP contribution in [-0.2, 0) is 0 Å². The summed E-state index contributed by atoms with van der Waals surface area (Å²) >= 11 is 0. The van der Waals surface area contributed by atoms with Gasteiger partial charge in [0.2, 0.25) is 0 Å². The molecular weight excluding hydrogens is 194 g/mol. The maximum absolute atomic E-state index is 11.1. The highest BCUT2D eigenvalue weighted by molar-refractivity contribution is 6.08. The van der Waals surface area contributed by atoms with Gasteiger partial charge in [-0.3, -0.25) is 4.79 Å². The lowest BCUT2D eigenvalue weighted by Crippen LogP contribution is -2.09. The van der Waals surface area contributed by atoms with Crippen LogP contribution in [0.4, 0.5) is 0 Å². The number of nitrogens with two attached hydrogens (primary N) is 1. The monoisotopic (exact) mass is 201 g/mol. The summed E-state index contributed by atoms with van der Waals surface area (Å²) in [5.74, 6) is -0.454. The first-order chi connectivity index (χ1) is 7.27. The summed E-state index contributed by atoms with van der Waals surface area (Å²) in [6, 6.07) is 1.79. The molecule has 3 N–H and O–H groups in total. The number of nitrogens with zero attached hydrogens (tertiary/aromatic N) is 3. The maximum Gasteiger partial charge on any atom is 0.250 e. The van der Waals surface area contributed by atoms with E-state index in [-0.39, 0.29) is 0 Å². The van der Waals surface area contributed by atoms with Gasteiger partial charge >= 0.3 is 0 Å². The summed E-state index contributed by atoms with van der Waals surface area (Å²) in [6.07, 6.45) is 4.78. The Labute approximate surface area is 83.7 Å². The second kappa shape index (κ2) is 2.57. The minimum atomic E-state index is -0.454. The lowest BCUT2D eigenvalue weighted by atomic mass is 10.2. The Morgan fingerprint density at radius 2 is 2.40 bits per heavy atom. The van der Waals surface area contributed by atoms with Crippen LogP contribution in [0, 0.1) is 0 Å². The van der Waals surface area contributed by atoms with Crippen molar-refractivity contribution in [2.24, 2.45) is 5.73 Å². The molecule has 0 saturated heterocycles. The van der Waals surface area contributed by atoms with Gasteiger partial charge in [-0.1, -0.05) is 0 Å². The number of hydrogen-bond donors (Lipinski definition) is 2. The second-order valence-electron chi connectivity index (χ2n) is 3.20. The number of H-pyrrole nitrogens is 1. The Balaban J connectivity index is 2.51. The van der Waals surface area contributed by atoms with Gasteiger partial charge in [-0.2, -0.15) is 5.10 Å². The summed E-state index contributed by atoms with van der Waals surface area (Å²) in [5.41, 5.74) is 7.16. The second-order valence-corrected chi connectivity index (χ2v) is 3.20. The van der Waals surface area contributed by atoms with Crippen LogP contribution in [0.2, 0.25) is 0 Å². The molecule has 0 aliphatic rings. The molecule has 0 saturated carbocycles. The summed E-state index contributed by atoms with van der Waals surface area (Å²) in [6.45, 7) is 0. The molecule has 0 radical (unpaired) electrons. The van der Waals surface area contributed by atoms with Gasteiger partial charge in [0.05, 0.1) is 11.1 Å². The Bertz CT molecular complexity index is 665. The minimum Gasteiger partial charge on any atom is -0.366 e. The molecule has 1 amide bonds. The van der Waals surface area contributed by atoms with Gasteiger partial charge in [-0.05, 0) is 6.07 Å². The lowest BCUT2D eigenvalue weighted by Gasteiger charge is -1.94. The number of carbonyl (C=O) groups excluding carboxylic acids is 1. The van der Waals surface area contributed by atoms with E-state index in [1.165, 1.54) is 6.33 Å².